The molecule has 2 aromatic rings. The Balaban J connectivity index is 1.98. The van der Waals surface area contributed by atoms with Crippen molar-refractivity contribution in [2.75, 3.05) is 0 Å². The first-order chi connectivity index (χ1) is 9.56. The van der Waals surface area contributed by atoms with Gasteiger partial charge < -0.3 is 5.11 Å². The highest BCUT2D eigenvalue weighted by Crippen LogP contribution is 2.36. The molecule has 0 spiro atoms. The molecule has 1 aromatic carbocycles. The van der Waals surface area contributed by atoms with Crippen molar-refractivity contribution in [2.45, 2.75) is 31.8 Å². The summed E-state index contributed by atoms with van der Waals surface area (Å²) in [6.45, 7) is 0. The maximum Gasteiger partial charge on any atom is 0.137 e. The van der Waals surface area contributed by atoms with Gasteiger partial charge in [-0.15, -0.1) is 11.3 Å². The molecule has 1 unspecified atom stereocenters. The van der Waals surface area contributed by atoms with Gasteiger partial charge in [0.2, 0.25) is 0 Å². The molecular formula is C15H13BrF2OS. The molecule has 106 valence electrons. The summed E-state index contributed by atoms with van der Waals surface area (Å²) in [4.78, 5) is 1.96. The summed E-state index contributed by atoms with van der Waals surface area (Å²) in [6, 6.07) is 4.05. The van der Waals surface area contributed by atoms with E-state index in [0.29, 0.717) is 4.88 Å². The Kier molecular flexibility index (Phi) is 3.93. The minimum absolute atomic E-state index is 0.00991. The average molecular weight is 359 g/mol. The van der Waals surface area contributed by atoms with Crippen molar-refractivity contribution in [2.24, 2.45) is 0 Å². The number of benzene rings is 1. The lowest BCUT2D eigenvalue weighted by Crippen LogP contribution is -2.02. The van der Waals surface area contributed by atoms with Crippen LogP contribution >= 0.6 is 27.3 Å². The number of halogens is 3. The fourth-order valence-corrected chi connectivity index (χ4v) is 4.13. The van der Waals surface area contributed by atoms with Crippen molar-refractivity contribution >= 4 is 27.3 Å². The van der Waals surface area contributed by atoms with Gasteiger partial charge in [-0.25, -0.2) is 8.78 Å². The highest BCUT2D eigenvalue weighted by Gasteiger charge is 2.22. The molecule has 1 aromatic heterocycles. The van der Waals surface area contributed by atoms with E-state index in [1.165, 1.54) is 21.8 Å². The molecule has 0 saturated carbocycles. The Bertz CT molecular complexity index is 630. The molecule has 5 heteroatoms. The third kappa shape index (κ3) is 2.54. The van der Waals surface area contributed by atoms with E-state index in [4.69, 9.17) is 0 Å². The van der Waals surface area contributed by atoms with Crippen LogP contribution in [0, 0.1) is 11.6 Å². The quantitative estimate of drug-likeness (QED) is 0.768. The van der Waals surface area contributed by atoms with E-state index >= 15 is 0 Å². The van der Waals surface area contributed by atoms with E-state index in [2.05, 4.69) is 15.9 Å². The predicted molar refractivity (Wildman–Crippen MR) is 79.1 cm³/mol. The number of hydrogen-bond acceptors (Lipinski definition) is 2. The van der Waals surface area contributed by atoms with E-state index < -0.39 is 17.7 Å². The van der Waals surface area contributed by atoms with Crippen LogP contribution in [0.25, 0.3) is 0 Å². The molecule has 1 nitrogen and oxygen atoms in total. The molecule has 0 saturated heterocycles. The van der Waals surface area contributed by atoms with Crippen LogP contribution in [-0.2, 0) is 12.8 Å². The van der Waals surface area contributed by atoms with Crippen LogP contribution in [-0.4, -0.2) is 5.11 Å². The highest BCUT2D eigenvalue weighted by molar-refractivity contribution is 9.10. The van der Waals surface area contributed by atoms with Crippen LogP contribution in [0.3, 0.4) is 0 Å². The second kappa shape index (κ2) is 5.54. The van der Waals surface area contributed by atoms with E-state index in [1.54, 1.807) is 0 Å². The van der Waals surface area contributed by atoms with Crippen LogP contribution in [0.5, 0.6) is 0 Å². The first-order valence-electron chi connectivity index (χ1n) is 6.50. The molecule has 0 fully saturated rings. The van der Waals surface area contributed by atoms with E-state index in [-0.39, 0.29) is 10.0 Å². The summed E-state index contributed by atoms with van der Waals surface area (Å²) in [5.74, 6) is -1.17. The third-order valence-corrected chi connectivity index (χ3v) is 5.52. The Morgan fingerprint density at radius 2 is 1.85 bits per heavy atom. The van der Waals surface area contributed by atoms with Gasteiger partial charge in [-0.2, -0.15) is 0 Å². The average Bonchev–Trinajstić information content (AvgIpc) is 2.86. The molecule has 0 radical (unpaired) electrons. The molecule has 0 aliphatic heterocycles. The number of rotatable bonds is 2. The molecular weight excluding hydrogens is 346 g/mol. The second-order valence-corrected chi connectivity index (χ2v) is 7.02. The van der Waals surface area contributed by atoms with Crippen molar-refractivity contribution in [3.8, 4) is 0 Å². The fourth-order valence-electron chi connectivity index (χ4n) is 2.55. The van der Waals surface area contributed by atoms with Crippen LogP contribution < -0.4 is 0 Å². The van der Waals surface area contributed by atoms with Crippen LogP contribution in [0.15, 0.2) is 22.7 Å². The molecule has 1 heterocycles. The van der Waals surface area contributed by atoms with Gasteiger partial charge in [0.25, 0.3) is 0 Å². The lowest BCUT2D eigenvalue weighted by Gasteiger charge is -2.11. The van der Waals surface area contributed by atoms with Gasteiger partial charge in [0.05, 0.1) is 4.47 Å². The minimum Gasteiger partial charge on any atom is -0.383 e. The third-order valence-electron chi connectivity index (χ3n) is 3.62. The Labute approximate surface area is 128 Å². The number of aliphatic hydroxyl groups is 1. The zero-order valence-corrected chi connectivity index (χ0v) is 13.0. The molecule has 0 bridgehead atoms. The summed E-state index contributed by atoms with van der Waals surface area (Å²) >= 11 is 4.44. The molecule has 1 N–H and O–H groups in total. The Hall–Kier alpha value is -0.780. The monoisotopic (exact) mass is 358 g/mol. The number of aryl methyl sites for hydroxylation is 2. The molecule has 1 aliphatic carbocycles. The summed E-state index contributed by atoms with van der Waals surface area (Å²) < 4.78 is 27.5. The number of thiophene rings is 1. The largest absolute Gasteiger partial charge is 0.383 e. The summed E-state index contributed by atoms with van der Waals surface area (Å²) in [7, 11) is 0. The fraction of sp³-hybridized carbons (Fsp3) is 0.333. The van der Waals surface area contributed by atoms with Gasteiger partial charge in [-0.3, -0.25) is 0 Å². The minimum atomic E-state index is -1.10. The van der Waals surface area contributed by atoms with Crippen LogP contribution in [0.4, 0.5) is 8.78 Å². The van der Waals surface area contributed by atoms with Crippen molar-refractivity contribution < 1.29 is 13.9 Å². The molecule has 0 amide bonds. The van der Waals surface area contributed by atoms with Crippen molar-refractivity contribution in [1.29, 1.82) is 0 Å². The standard InChI is InChI=1S/C15H13BrF2OS/c16-10-7-11(17)9(6-12(10)18)15(19)14-5-8-3-1-2-4-13(8)20-14/h5-7,15,19H,1-4H2. The van der Waals surface area contributed by atoms with Gasteiger partial charge in [-0.1, -0.05) is 0 Å². The van der Waals surface area contributed by atoms with Gasteiger partial charge in [0.1, 0.15) is 17.7 Å². The molecule has 3 rings (SSSR count). The maximum absolute atomic E-state index is 13.9. The lowest BCUT2D eigenvalue weighted by atomic mass is 9.98. The predicted octanol–water partition coefficient (Wildman–Crippen LogP) is 4.75. The highest BCUT2D eigenvalue weighted by atomic mass is 79.9. The van der Waals surface area contributed by atoms with Crippen molar-refractivity contribution in [3.05, 3.63) is 55.2 Å². The number of fused-ring (bicyclic) bond motifs is 1. The molecule has 1 atom stereocenters. The Morgan fingerprint density at radius 1 is 1.10 bits per heavy atom. The topological polar surface area (TPSA) is 20.2 Å². The zero-order valence-electron chi connectivity index (χ0n) is 10.6. The van der Waals surface area contributed by atoms with Gasteiger partial charge >= 0.3 is 0 Å². The van der Waals surface area contributed by atoms with Crippen LogP contribution in [0.2, 0.25) is 0 Å². The zero-order chi connectivity index (χ0) is 14.3. The normalized spacial score (nSPS) is 16.0. The SMILES string of the molecule is OC(c1cc2c(s1)CCCC2)c1cc(F)c(Br)cc1F. The first-order valence-corrected chi connectivity index (χ1v) is 8.11. The number of aliphatic hydroxyl groups excluding tert-OH is 1. The van der Waals surface area contributed by atoms with Crippen molar-refractivity contribution in [1.82, 2.24) is 0 Å². The second-order valence-electron chi connectivity index (χ2n) is 4.99. The van der Waals surface area contributed by atoms with E-state index in [0.717, 1.165) is 37.8 Å². The number of hydrogen-bond donors (Lipinski definition) is 1. The molecule has 20 heavy (non-hydrogen) atoms. The van der Waals surface area contributed by atoms with Gasteiger partial charge in [0, 0.05) is 15.3 Å². The Morgan fingerprint density at radius 3 is 2.60 bits per heavy atom. The lowest BCUT2D eigenvalue weighted by molar-refractivity contribution is 0.218. The molecule has 1 aliphatic rings. The maximum atomic E-state index is 13.9. The van der Waals surface area contributed by atoms with Crippen molar-refractivity contribution in [3.63, 3.8) is 0 Å². The smallest absolute Gasteiger partial charge is 0.137 e. The van der Waals surface area contributed by atoms with Gasteiger partial charge in [0.15, 0.2) is 0 Å². The van der Waals surface area contributed by atoms with E-state index in [9.17, 15) is 13.9 Å². The van der Waals surface area contributed by atoms with E-state index in [1.807, 2.05) is 6.07 Å². The summed E-state index contributed by atoms with van der Waals surface area (Å²) in [5.41, 5.74) is 1.23. The summed E-state index contributed by atoms with van der Waals surface area (Å²) in [6.07, 6.45) is 3.23. The summed E-state index contributed by atoms with van der Waals surface area (Å²) in [5, 5.41) is 10.3. The van der Waals surface area contributed by atoms with Gasteiger partial charge in [-0.05, 0) is 65.4 Å². The van der Waals surface area contributed by atoms with Crippen LogP contribution in [0.1, 0.15) is 39.8 Å². The first kappa shape index (κ1) is 14.2.